The number of halogens is 1. The summed E-state index contributed by atoms with van der Waals surface area (Å²) >= 11 is 1.39. The van der Waals surface area contributed by atoms with Crippen molar-refractivity contribution in [2.24, 2.45) is 0 Å². The molecule has 0 aromatic heterocycles. The van der Waals surface area contributed by atoms with E-state index in [1.807, 2.05) is 30.3 Å². The van der Waals surface area contributed by atoms with Crippen molar-refractivity contribution in [2.45, 2.75) is 15.0 Å². The van der Waals surface area contributed by atoms with Gasteiger partial charge in [0.2, 0.25) is 0 Å². The fraction of sp³-hybridized carbons (Fsp3) is 0.143. The normalized spacial score (nSPS) is 20.2. The molecule has 0 saturated carbocycles. The summed E-state index contributed by atoms with van der Waals surface area (Å²) in [5, 5.41) is -0.372. The van der Waals surface area contributed by atoms with Crippen LogP contribution in [0.5, 0.6) is 0 Å². The molecule has 0 N–H and O–H groups in total. The predicted molar refractivity (Wildman–Crippen MR) is 73.5 cm³/mol. The van der Waals surface area contributed by atoms with Gasteiger partial charge in [0.25, 0.3) is 0 Å². The van der Waals surface area contributed by atoms with Crippen molar-refractivity contribution in [3.05, 3.63) is 59.9 Å². The summed E-state index contributed by atoms with van der Waals surface area (Å²) in [6, 6.07) is 13.7. The molecule has 1 aliphatic rings. The van der Waals surface area contributed by atoms with Crippen molar-refractivity contribution in [3.63, 3.8) is 0 Å². The van der Waals surface area contributed by atoms with Crippen molar-refractivity contribution in [1.82, 2.24) is 0 Å². The molecule has 0 aliphatic carbocycles. The molecule has 0 spiro atoms. The van der Waals surface area contributed by atoms with Gasteiger partial charge in [0.05, 0.1) is 15.9 Å². The molecule has 0 fully saturated rings. The molecule has 2 aromatic rings. The zero-order chi connectivity index (χ0) is 13.5. The van der Waals surface area contributed by atoms with Gasteiger partial charge in [-0.1, -0.05) is 24.3 Å². The molecule has 1 unspecified atom stereocenters. The van der Waals surface area contributed by atoms with Gasteiger partial charge < -0.3 is 0 Å². The van der Waals surface area contributed by atoms with E-state index in [2.05, 4.69) is 0 Å². The van der Waals surface area contributed by atoms with E-state index in [0.29, 0.717) is 5.56 Å². The van der Waals surface area contributed by atoms with E-state index in [-0.39, 0.29) is 15.9 Å². The molecule has 0 radical (unpaired) electrons. The van der Waals surface area contributed by atoms with Gasteiger partial charge >= 0.3 is 0 Å². The maximum atomic E-state index is 13.9. The van der Waals surface area contributed by atoms with E-state index in [4.69, 9.17) is 0 Å². The van der Waals surface area contributed by atoms with Crippen LogP contribution in [0.1, 0.15) is 10.8 Å². The molecule has 1 atom stereocenters. The standard InChI is InChI=1S/C14H11FO2S2/c15-11-7-4-8-13-14(11)12(9-19(13,16)17)18-10-5-2-1-3-6-10/h1-8,12H,9H2. The Balaban J connectivity index is 2.03. The molecule has 0 saturated heterocycles. The van der Waals surface area contributed by atoms with Crippen molar-refractivity contribution >= 4 is 21.6 Å². The Bertz CT molecular complexity index is 711. The number of hydrogen-bond donors (Lipinski definition) is 0. The lowest BCUT2D eigenvalue weighted by Crippen LogP contribution is -2.00. The number of sulfone groups is 1. The second-order valence-corrected chi connectivity index (χ2v) is 7.63. The second kappa shape index (κ2) is 4.65. The quantitative estimate of drug-likeness (QED) is 0.851. The number of benzene rings is 2. The van der Waals surface area contributed by atoms with Crippen molar-refractivity contribution in [1.29, 1.82) is 0 Å². The van der Waals surface area contributed by atoms with Gasteiger partial charge in [0.15, 0.2) is 9.84 Å². The van der Waals surface area contributed by atoms with E-state index in [0.717, 1.165) is 4.90 Å². The summed E-state index contributed by atoms with van der Waals surface area (Å²) in [7, 11) is -3.36. The summed E-state index contributed by atoms with van der Waals surface area (Å²) in [6.07, 6.45) is 0. The number of rotatable bonds is 2. The highest BCUT2D eigenvalue weighted by atomic mass is 32.2. The van der Waals surface area contributed by atoms with Crippen LogP contribution < -0.4 is 0 Å². The molecular formula is C14H11FO2S2. The van der Waals surface area contributed by atoms with Crippen LogP contribution >= 0.6 is 11.8 Å². The van der Waals surface area contributed by atoms with Crippen LogP contribution in [0.25, 0.3) is 0 Å². The largest absolute Gasteiger partial charge is 0.224 e. The third-order valence-corrected chi connectivity index (χ3v) is 6.30. The van der Waals surface area contributed by atoms with Gasteiger partial charge in [-0.05, 0) is 24.3 Å². The fourth-order valence-corrected chi connectivity index (χ4v) is 5.72. The average Bonchev–Trinajstić information content (AvgIpc) is 2.63. The molecule has 98 valence electrons. The fourth-order valence-electron chi connectivity index (χ4n) is 2.23. The first-order valence-corrected chi connectivity index (χ1v) is 8.34. The third kappa shape index (κ3) is 2.28. The molecule has 0 bridgehead atoms. The lowest BCUT2D eigenvalue weighted by atomic mass is 10.1. The van der Waals surface area contributed by atoms with Gasteiger partial charge in [-0.15, -0.1) is 11.8 Å². The van der Waals surface area contributed by atoms with Crippen LogP contribution in [0.15, 0.2) is 58.3 Å². The lowest BCUT2D eigenvalue weighted by Gasteiger charge is -2.10. The minimum Gasteiger partial charge on any atom is -0.224 e. The van der Waals surface area contributed by atoms with Crippen LogP contribution in [0.2, 0.25) is 0 Å². The van der Waals surface area contributed by atoms with Gasteiger partial charge in [-0.25, -0.2) is 12.8 Å². The molecule has 5 heteroatoms. The van der Waals surface area contributed by atoms with E-state index in [1.54, 1.807) is 0 Å². The Morgan fingerprint density at radius 3 is 2.53 bits per heavy atom. The highest BCUT2D eigenvalue weighted by molar-refractivity contribution is 8.01. The molecule has 19 heavy (non-hydrogen) atoms. The second-order valence-electron chi connectivity index (χ2n) is 4.35. The minimum absolute atomic E-state index is 0.0389. The number of hydrogen-bond acceptors (Lipinski definition) is 3. The first-order chi connectivity index (χ1) is 9.08. The SMILES string of the molecule is O=S1(=O)CC(Sc2ccccc2)c2c(F)cccc21. The van der Waals surface area contributed by atoms with Crippen molar-refractivity contribution < 1.29 is 12.8 Å². The van der Waals surface area contributed by atoms with Gasteiger partial charge in [-0.3, -0.25) is 0 Å². The van der Waals surface area contributed by atoms with E-state index < -0.39 is 15.7 Å². The Labute approximate surface area is 115 Å². The first-order valence-electron chi connectivity index (χ1n) is 5.81. The Morgan fingerprint density at radius 1 is 1.05 bits per heavy atom. The summed E-state index contributed by atoms with van der Waals surface area (Å²) in [5.41, 5.74) is 0.316. The zero-order valence-electron chi connectivity index (χ0n) is 9.91. The molecule has 1 heterocycles. The highest BCUT2D eigenvalue weighted by Crippen LogP contribution is 2.45. The Morgan fingerprint density at radius 2 is 1.79 bits per heavy atom. The van der Waals surface area contributed by atoms with Crippen LogP contribution in [-0.2, 0) is 9.84 Å². The molecule has 2 nitrogen and oxygen atoms in total. The number of fused-ring (bicyclic) bond motifs is 1. The van der Waals surface area contributed by atoms with Crippen LogP contribution in [-0.4, -0.2) is 14.2 Å². The maximum absolute atomic E-state index is 13.9. The summed E-state index contributed by atoms with van der Waals surface area (Å²) < 4.78 is 38.0. The summed E-state index contributed by atoms with van der Waals surface area (Å²) in [5.74, 6) is -0.477. The van der Waals surface area contributed by atoms with Gasteiger partial charge in [-0.2, -0.15) is 0 Å². The van der Waals surface area contributed by atoms with Gasteiger partial charge in [0, 0.05) is 10.5 Å². The number of thioether (sulfide) groups is 1. The highest BCUT2D eigenvalue weighted by Gasteiger charge is 2.37. The van der Waals surface area contributed by atoms with Crippen LogP contribution in [0.4, 0.5) is 4.39 Å². The first kappa shape index (κ1) is 12.7. The van der Waals surface area contributed by atoms with E-state index >= 15 is 0 Å². The van der Waals surface area contributed by atoms with Crippen molar-refractivity contribution in [2.75, 3.05) is 5.75 Å². The van der Waals surface area contributed by atoms with Crippen LogP contribution in [0, 0.1) is 5.82 Å². The zero-order valence-corrected chi connectivity index (χ0v) is 11.5. The van der Waals surface area contributed by atoms with Crippen molar-refractivity contribution in [3.8, 4) is 0 Å². The molecule has 2 aromatic carbocycles. The third-order valence-electron chi connectivity index (χ3n) is 3.06. The minimum atomic E-state index is -3.36. The molecular weight excluding hydrogens is 283 g/mol. The summed E-state index contributed by atoms with van der Waals surface area (Å²) in [6.45, 7) is 0. The molecule has 3 rings (SSSR count). The van der Waals surface area contributed by atoms with Crippen LogP contribution in [0.3, 0.4) is 0 Å². The maximum Gasteiger partial charge on any atom is 0.180 e. The monoisotopic (exact) mass is 294 g/mol. The lowest BCUT2D eigenvalue weighted by molar-refractivity contribution is 0.597. The smallest absolute Gasteiger partial charge is 0.180 e. The Hall–Kier alpha value is -1.33. The average molecular weight is 294 g/mol. The van der Waals surface area contributed by atoms with E-state index in [9.17, 15) is 12.8 Å². The van der Waals surface area contributed by atoms with Gasteiger partial charge in [0.1, 0.15) is 5.82 Å². The predicted octanol–water partition coefficient (Wildman–Crippen LogP) is 3.45. The topological polar surface area (TPSA) is 34.1 Å². The Kier molecular flexibility index (Phi) is 3.11. The molecule has 0 amide bonds. The van der Waals surface area contributed by atoms with E-state index in [1.165, 1.54) is 30.0 Å². The summed E-state index contributed by atoms with van der Waals surface area (Å²) in [4.78, 5) is 1.08. The molecule has 1 aliphatic heterocycles.